The van der Waals surface area contributed by atoms with Crippen molar-refractivity contribution in [2.75, 3.05) is 40.4 Å². The van der Waals surface area contributed by atoms with Gasteiger partial charge in [-0.1, -0.05) is 36.4 Å². The zero-order valence-corrected chi connectivity index (χ0v) is 17.1. The molecule has 6 nitrogen and oxygen atoms in total. The van der Waals surface area contributed by atoms with Crippen molar-refractivity contribution in [3.63, 3.8) is 0 Å². The number of rotatable bonds is 7. The van der Waals surface area contributed by atoms with Crippen LogP contribution < -0.4 is 20.1 Å². The minimum Gasteiger partial charge on any atom is -0.496 e. The molecule has 3 rings (SSSR count). The third-order valence-corrected chi connectivity index (χ3v) is 4.87. The Morgan fingerprint density at radius 1 is 1.11 bits per heavy atom. The summed E-state index contributed by atoms with van der Waals surface area (Å²) < 4.78 is 10.9. The Hall–Kier alpha value is -2.28. The molecule has 1 aliphatic heterocycles. The third kappa shape index (κ3) is 5.38. The van der Waals surface area contributed by atoms with Crippen molar-refractivity contribution in [3.8, 4) is 11.5 Å². The largest absolute Gasteiger partial charge is 0.496 e. The van der Waals surface area contributed by atoms with Gasteiger partial charge in [0.25, 0.3) is 0 Å². The molecule has 0 aliphatic carbocycles. The lowest BCUT2D eigenvalue weighted by atomic mass is 10.0. The number of methoxy groups -OCH3 is 2. The molecule has 0 radical (unpaired) electrons. The second-order valence-electron chi connectivity index (χ2n) is 6.52. The molecule has 1 aliphatic rings. The molecule has 28 heavy (non-hydrogen) atoms. The second-order valence-corrected chi connectivity index (χ2v) is 6.52. The molecule has 1 amide bonds. The first-order valence-corrected chi connectivity index (χ1v) is 9.19. The van der Waals surface area contributed by atoms with E-state index < -0.39 is 0 Å². The van der Waals surface area contributed by atoms with Gasteiger partial charge in [0.1, 0.15) is 11.5 Å². The maximum absolute atomic E-state index is 12.6. The van der Waals surface area contributed by atoms with Gasteiger partial charge < -0.3 is 20.1 Å². The predicted molar refractivity (Wildman–Crippen MR) is 112 cm³/mol. The average molecular weight is 406 g/mol. The number of benzene rings is 2. The summed E-state index contributed by atoms with van der Waals surface area (Å²) in [6.45, 7) is 3.27. The zero-order valence-electron chi connectivity index (χ0n) is 16.3. The maximum atomic E-state index is 12.6. The van der Waals surface area contributed by atoms with Crippen LogP contribution in [0.15, 0.2) is 48.5 Å². The van der Waals surface area contributed by atoms with E-state index in [4.69, 9.17) is 9.47 Å². The van der Waals surface area contributed by atoms with Gasteiger partial charge in [-0.25, -0.2) is 0 Å². The number of para-hydroxylation sites is 2. The Bertz CT molecular complexity index is 772. The van der Waals surface area contributed by atoms with Gasteiger partial charge in [0.05, 0.1) is 26.8 Å². The van der Waals surface area contributed by atoms with Crippen LogP contribution in [0, 0.1) is 0 Å². The molecule has 0 bridgehead atoms. The Morgan fingerprint density at radius 2 is 1.79 bits per heavy atom. The quantitative estimate of drug-likeness (QED) is 0.740. The van der Waals surface area contributed by atoms with Crippen LogP contribution in [-0.4, -0.2) is 51.2 Å². The van der Waals surface area contributed by atoms with Crippen LogP contribution in [0.2, 0.25) is 0 Å². The van der Waals surface area contributed by atoms with Crippen LogP contribution >= 0.6 is 12.4 Å². The smallest absolute Gasteiger partial charge is 0.234 e. The molecule has 2 aromatic rings. The van der Waals surface area contributed by atoms with Crippen molar-refractivity contribution < 1.29 is 14.3 Å². The molecule has 1 unspecified atom stereocenters. The Morgan fingerprint density at radius 3 is 2.54 bits per heavy atom. The molecule has 2 N–H and O–H groups in total. The van der Waals surface area contributed by atoms with Gasteiger partial charge in [-0.05, 0) is 12.1 Å². The summed E-state index contributed by atoms with van der Waals surface area (Å²) in [5, 5.41) is 6.42. The van der Waals surface area contributed by atoms with Gasteiger partial charge in [-0.15, -0.1) is 12.4 Å². The molecule has 1 atom stereocenters. The van der Waals surface area contributed by atoms with Gasteiger partial charge in [-0.2, -0.15) is 0 Å². The highest BCUT2D eigenvalue weighted by atomic mass is 35.5. The maximum Gasteiger partial charge on any atom is 0.234 e. The zero-order chi connectivity index (χ0) is 19.1. The molecule has 1 heterocycles. The molecule has 0 spiro atoms. The Kier molecular flexibility index (Phi) is 8.57. The fourth-order valence-corrected chi connectivity index (χ4v) is 3.47. The fourth-order valence-electron chi connectivity index (χ4n) is 3.47. The van der Waals surface area contributed by atoms with Crippen molar-refractivity contribution in [2.45, 2.75) is 12.6 Å². The van der Waals surface area contributed by atoms with Gasteiger partial charge in [0.15, 0.2) is 0 Å². The SMILES string of the molecule is COc1ccccc1CNC(=O)CN1CCNCC1c1ccccc1OC.Cl. The van der Waals surface area contributed by atoms with E-state index in [1.165, 1.54) is 0 Å². The third-order valence-electron chi connectivity index (χ3n) is 4.87. The van der Waals surface area contributed by atoms with Gasteiger partial charge >= 0.3 is 0 Å². The minimum absolute atomic E-state index is 0. The summed E-state index contributed by atoms with van der Waals surface area (Å²) in [5.74, 6) is 1.64. The van der Waals surface area contributed by atoms with E-state index in [0.717, 1.165) is 42.3 Å². The number of halogens is 1. The molecule has 1 fully saturated rings. The number of piperazine rings is 1. The number of nitrogens with zero attached hydrogens (tertiary/aromatic N) is 1. The normalized spacial score (nSPS) is 16.7. The van der Waals surface area contributed by atoms with Gasteiger partial charge in [0, 0.05) is 37.3 Å². The lowest BCUT2D eigenvalue weighted by molar-refractivity contribution is -0.123. The van der Waals surface area contributed by atoms with Crippen LogP contribution in [0.3, 0.4) is 0 Å². The molecular formula is C21H28ClN3O3. The predicted octanol–water partition coefficient (Wildman–Crippen LogP) is 2.39. The summed E-state index contributed by atoms with van der Waals surface area (Å²) >= 11 is 0. The van der Waals surface area contributed by atoms with Gasteiger partial charge in [-0.3, -0.25) is 9.69 Å². The van der Waals surface area contributed by atoms with E-state index in [2.05, 4.69) is 21.6 Å². The van der Waals surface area contributed by atoms with Crippen molar-refractivity contribution in [3.05, 3.63) is 59.7 Å². The first-order valence-electron chi connectivity index (χ1n) is 9.19. The number of hydrogen-bond donors (Lipinski definition) is 2. The highest BCUT2D eigenvalue weighted by Gasteiger charge is 2.27. The first kappa shape index (κ1) is 22.0. The minimum atomic E-state index is 0. The van der Waals surface area contributed by atoms with Crippen molar-refractivity contribution in [1.29, 1.82) is 0 Å². The Balaban J connectivity index is 0.00000280. The number of carbonyl (C=O) groups is 1. The van der Waals surface area contributed by atoms with Gasteiger partial charge in [0.2, 0.25) is 5.91 Å². The van der Waals surface area contributed by atoms with E-state index in [0.29, 0.717) is 13.1 Å². The molecule has 7 heteroatoms. The first-order chi connectivity index (χ1) is 13.2. The number of ether oxygens (including phenoxy) is 2. The molecule has 0 aromatic heterocycles. The number of amides is 1. The van der Waals surface area contributed by atoms with Crippen LogP contribution in [0.4, 0.5) is 0 Å². The molecule has 0 saturated carbocycles. The highest BCUT2D eigenvalue weighted by molar-refractivity contribution is 5.85. The van der Waals surface area contributed by atoms with Crippen LogP contribution in [0.1, 0.15) is 17.2 Å². The van der Waals surface area contributed by atoms with E-state index in [1.54, 1.807) is 14.2 Å². The number of carbonyl (C=O) groups excluding carboxylic acids is 1. The van der Waals surface area contributed by atoms with Crippen molar-refractivity contribution in [1.82, 2.24) is 15.5 Å². The summed E-state index contributed by atoms with van der Waals surface area (Å²) in [7, 11) is 3.32. The topological polar surface area (TPSA) is 62.8 Å². The number of nitrogens with one attached hydrogen (secondary N) is 2. The van der Waals surface area contributed by atoms with E-state index in [-0.39, 0.29) is 24.4 Å². The van der Waals surface area contributed by atoms with E-state index in [1.807, 2.05) is 42.5 Å². The standard InChI is InChI=1S/C21H27N3O3.ClH/c1-26-19-9-5-3-7-16(19)13-23-21(25)15-24-12-11-22-14-18(24)17-8-4-6-10-20(17)27-2;/h3-10,18,22H,11-15H2,1-2H3,(H,23,25);1H. The summed E-state index contributed by atoms with van der Waals surface area (Å²) in [6.07, 6.45) is 0. The lowest BCUT2D eigenvalue weighted by Gasteiger charge is -2.36. The molecular weight excluding hydrogens is 378 g/mol. The van der Waals surface area contributed by atoms with Crippen LogP contribution in [0.5, 0.6) is 11.5 Å². The summed E-state index contributed by atoms with van der Waals surface area (Å²) in [6, 6.07) is 15.8. The van der Waals surface area contributed by atoms with Crippen LogP contribution in [-0.2, 0) is 11.3 Å². The summed E-state index contributed by atoms with van der Waals surface area (Å²) in [4.78, 5) is 14.8. The number of hydrogen-bond acceptors (Lipinski definition) is 5. The summed E-state index contributed by atoms with van der Waals surface area (Å²) in [5.41, 5.74) is 2.07. The second kappa shape index (κ2) is 10.9. The fraction of sp³-hybridized carbons (Fsp3) is 0.381. The molecule has 2 aromatic carbocycles. The van der Waals surface area contributed by atoms with Crippen molar-refractivity contribution in [2.24, 2.45) is 0 Å². The van der Waals surface area contributed by atoms with E-state index >= 15 is 0 Å². The average Bonchev–Trinajstić information content (AvgIpc) is 2.73. The van der Waals surface area contributed by atoms with Crippen molar-refractivity contribution >= 4 is 18.3 Å². The lowest BCUT2D eigenvalue weighted by Crippen LogP contribution is -2.49. The highest BCUT2D eigenvalue weighted by Crippen LogP contribution is 2.29. The monoisotopic (exact) mass is 405 g/mol. The Labute approximate surface area is 172 Å². The molecule has 1 saturated heterocycles. The molecule has 152 valence electrons. The van der Waals surface area contributed by atoms with E-state index in [9.17, 15) is 4.79 Å². The van der Waals surface area contributed by atoms with Crippen LogP contribution in [0.25, 0.3) is 0 Å².